The molecule has 8 rings (SSSR count). The number of ether oxygens (including phenoxy) is 8. The van der Waals surface area contributed by atoms with Crippen molar-refractivity contribution in [1.82, 2.24) is 0 Å². The van der Waals surface area contributed by atoms with E-state index in [1.54, 1.807) is 0 Å². The Balaban J connectivity index is 2.01. The molecule has 34 heteroatoms. The van der Waals surface area contributed by atoms with Crippen molar-refractivity contribution in [2.45, 2.75) is 0 Å². The zero-order chi connectivity index (χ0) is 73.0. The van der Waals surface area contributed by atoms with E-state index >= 15 is 62.1 Å². The quantitative estimate of drug-likeness (QED) is 0.0194. The predicted octanol–water partition coefficient (Wildman–Crippen LogP) is 17.5. The van der Waals surface area contributed by atoms with E-state index < -0.39 is 245 Å². The average Bonchev–Trinajstić information content (AvgIpc) is 0.348. The number of halogens is 16. The number of methoxy groups -OCH3 is 4. The van der Waals surface area contributed by atoms with E-state index in [1.807, 2.05) is 0 Å². The van der Waals surface area contributed by atoms with Crippen LogP contribution in [0.15, 0.2) is 170 Å². The van der Waals surface area contributed by atoms with Crippen molar-refractivity contribution in [1.29, 1.82) is 0 Å². The van der Waals surface area contributed by atoms with Gasteiger partial charge in [0, 0.05) is 0 Å². The molecule has 0 aliphatic heterocycles. The van der Waals surface area contributed by atoms with Crippen molar-refractivity contribution in [2.75, 3.05) is 81.3 Å². The van der Waals surface area contributed by atoms with Gasteiger partial charge < -0.3 is 0 Å². The maximum atomic E-state index is 22.5. The molecule has 0 amide bonds. The van der Waals surface area contributed by atoms with Gasteiger partial charge in [-0.1, -0.05) is 0 Å². The molecule has 0 aliphatic carbocycles. The van der Waals surface area contributed by atoms with Crippen molar-refractivity contribution >= 4 is 23.9 Å². The molecule has 0 fully saturated rings. The van der Waals surface area contributed by atoms with E-state index in [0.717, 1.165) is 43.1 Å². The zero-order valence-electron chi connectivity index (χ0n) is 51.3. The van der Waals surface area contributed by atoms with Crippen molar-refractivity contribution in [3.05, 3.63) is 215 Å². The van der Waals surface area contributed by atoms with Crippen LogP contribution < -0.4 is 14.6 Å². The molecule has 533 valence electrons. The summed E-state index contributed by atoms with van der Waals surface area (Å²) >= 11 is 0. The Morgan fingerprint density at radius 3 is 0.622 bits per heavy atom. The fourth-order valence-corrected chi connectivity index (χ4v) is 18.9. The average molecular weight is 1450 g/mol. The van der Waals surface area contributed by atoms with E-state index in [4.69, 9.17) is 0 Å². The first-order valence-corrected chi connectivity index (χ1v) is 37.5. The molecule has 8 aromatic carbocycles. The summed E-state index contributed by atoms with van der Waals surface area (Å²) in [5.41, 5.74) is -37.4. The van der Waals surface area contributed by atoms with Crippen LogP contribution in [0.2, 0.25) is 0 Å². The molecule has 0 N–H and O–H groups in total. The van der Waals surface area contributed by atoms with Crippen LogP contribution in [-0.2, 0) is 48.0 Å². The predicted molar refractivity (Wildman–Crippen MR) is 312 cm³/mol. The third-order valence-corrected chi connectivity index (χ3v) is 22.3. The molecule has 0 unspecified atom stereocenters. The zero-order valence-corrected chi connectivity index (χ0v) is 52.7. The Kier molecular flexibility index (Phi) is 7.99. The van der Waals surface area contributed by atoms with Crippen molar-refractivity contribution < 1.29 is 140 Å². The second-order valence-corrected chi connectivity index (χ2v) is 56.3. The van der Waals surface area contributed by atoms with Crippen molar-refractivity contribution in [3.8, 4) is 67.5 Å². The summed E-state index contributed by atoms with van der Waals surface area (Å²) in [6.45, 7) is -45.6. The molecule has 8 aromatic rings. The van der Waals surface area contributed by atoms with E-state index in [-0.39, 0.29) is 48.5 Å². The molecular weight excluding hydrogens is 1400 g/mol. The summed E-state index contributed by atoms with van der Waals surface area (Å²) < 4.78 is 394. The van der Waals surface area contributed by atoms with Gasteiger partial charge in [0.2, 0.25) is 0 Å². The van der Waals surface area contributed by atoms with E-state index in [1.165, 1.54) is 0 Å². The monoisotopic (exact) mass is 1450 g/mol. The number of benzene rings is 8. The number of hydrogen-bond acceptors (Lipinski definition) is 17. The first kappa shape index (κ1) is 73.7. The van der Waals surface area contributed by atoms with Gasteiger partial charge in [-0.2, -0.15) is 0 Å². The molecule has 17 nitrogen and oxygen atoms in total. The van der Waals surface area contributed by atoms with Gasteiger partial charge in [0.25, 0.3) is 0 Å². The van der Waals surface area contributed by atoms with E-state index in [2.05, 4.69) is 37.9 Å². The van der Waals surface area contributed by atoms with E-state index in [9.17, 15) is 19.2 Å². The third-order valence-electron chi connectivity index (χ3n) is 14.1. The molecule has 0 bridgehead atoms. The summed E-state index contributed by atoms with van der Waals surface area (Å²) in [4.78, 5) is 57.9. The maximum absolute atomic E-state index is 34.3. The second-order valence-electron chi connectivity index (χ2n) is 26.8. The summed E-state index contributed by atoms with van der Waals surface area (Å²) in [5, 5.41) is 0. The number of hydrogen-bond donors (Lipinski definition) is 0. The summed E-state index contributed by atoms with van der Waals surface area (Å²) in [5.74, 6) is -47.0. The Morgan fingerprint density at radius 2 is 0.459 bits per heavy atom. The van der Waals surface area contributed by atoms with Gasteiger partial charge in [-0.05, 0) is 0 Å². The number of carbonyl (C=O) groups is 4. The van der Waals surface area contributed by atoms with Crippen LogP contribution in [0.4, 0.5) is 58.5 Å². The van der Waals surface area contributed by atoms with Crippen LogP contribution in [0.25, 0.3) is 44.5 Å². The summed E-state index contributed by atoms with van der Waals surface area (Å²) in [6, 6.07) is -3.85. The molecule has 0 radical (unpaired) electrons. The van der Waals surface area contributed by atoms with Gasteiger partial charge in [0.05, 0.1) is 0 Å². The fraction of sp³-hybridized carbons (Fsp3) is 0.188. The van der Waals surface area contributed by atoms with Crippen molar-refractivity contribution in [2.24, 2.45) is 0 Å². The summed E-state index contributed by atoms with van der Waals surface area (Å²) in [7, 11) is 2.89. The van der Waals surface area contributed by atoms with Crippen LogP contribution in [0.1, 0.15) is 41.4 Å². The van der Waals surface area contributed by atoms with Gasteiger partial charge in [-0.25, -0.2) is 0 Å². The molecule has 0 saturated heterocycles. The van der Waals surface area contributed by atoms with Crippen LogP contribution in [-0.4, -0.2) is 105 Å². The topological polar surface area (TPSA) is 196 Å². The molecule has 0 aliphatic rings. The third kappa shape index (κ3) is 14.1. The van der Waals surface area contributed by atoms with Gasteiger partial charge in [-0.15, -0.1) is 0 Å². The molecule has 0 saturated carbocycles. The van der Waals surface area contributed by atoms with Gasteiger partial charge in [0.15, 0.2) is 0 Å². The van der Waals surface area contributed by atoms with Crippen LogP contribution in [0, 0.1) is 23.3 Å². The van der Waals surface area contributed by atoms with E-state index in [0.29, 0.717) is 72.8 Å². The number of carbonyl (C=O) groups excluding carboxylic acids is 4. The first-order chi connectivity index (χ1) is 43.7. The van der Waals surface area contributed by atoms with Crippen molar-refractivity contribution in [3.63, 3.8) is 0 Å². The Labute approximate surface area is 526 Å². The molecular formula is C64H56F16O17V-2. The molecule has 98 heavy (non-hydrogen) atoms. The normalized spacial score (nSPS) is 21.3. The fourth-order valence-electron chi connectivity index (χ4n) is 10.2. The minimum atomic E-state index is -34.3. The number of esters is 4. The molecule has 0 atom stereocenters. The molecule has 0 heterocycles. The van der Waals surface area contributed by atoms with Crippen LogP contribution in [0.5, 0.6) is 23.0 Å². The Bertz CT molecular complexity index is 5220. The first-order valence-electron chi connectivity index (χ1n) is 28.4. The SMILES string of the molecule is COCCOC(=O)c1cc(F)cc(-c2ccccc2)c1[O][V-2](=[O])([F])([F])([F])([F])([F])([F])([F])([F])([F])([F])([F])([F])([O]c1c(C(=O)OCCOC)cc(F)cc1-c1ccccc1)([O]c1c(C(=O)OCCOC)cc(F)cc1-c1ccccc1)[O]c1c(C(=O)OCCOC)cc(F)cc1-c1ccccc1. The second kappa shape index (κ2) is 10.6. The molecule has 0 aromatic heterocycles. The number of rotatable bonds is 28. The summed E-state index contributed by atoms with van der Waals surface area (Å²) in [6.07, 6.45) is 0. The van der Waals surface area contributed by atoms with Crippen LogP contribution >= 0.6 is 0 Å². The Morgan fingerprint density at radius 1 is 0.286 bits per heavy atom. The minimum absolute atomic E-state index is 0.0158. The van der Waals surface area contributed by atoms with Crippen LogP contribution in [0.3, 0.4) is 0 Å². The van der Waals surface area contributed by atoms with Gasteiger partial charge in [0.1, 0.15) is 0 Å². The Hall–Kier alpha value is -10.1. The molecule has 0 spiro atoms. The van der Waals surface area contributed by atoms with Gasteiger partial charge in [-0.3, -0.25) is 0 Å². The standard InChI is InChI=1S/4C16H15FO4.12FH.O.V/c4*1-20-7-8-21-16(19)14-10-12(17)9-13(15(14)18)11-5-3-2-4-6-11;;;;;;;;;;;;;;/h4*2-6,9-10,18H,7-8H2,1H3;12*1H;;/q;;;;;;;;;;;;;;;;;+14/p-16. The van der Waals surface area contributed by atoms with Gasteiger partial charge >= 0.3 is 528 Å².